The second-order valence-corrected chi connectivity index (χ2v) is 9.89. The van der Waals surface area contributed by atoms with Crippen molar-refractivity contribution in [1.29, 1.82) is 5.26 Å². The minimum Gasteiger partial charge on any atom is -0.379 e. The van der Waals surface area contributed by atoms with Gasteiger partial charge in [-0.3, -0.25) is 9.69 Å². The van der Waals surface area contributed by atoms with E-state index < -0.39 is 23.5 Å². The summed E-state index contributed by atoms with van der Waals surface area (Å²) in [6, 6.07) is 12.9. The van der Waals surface area contributed by atoms with Gasteiger partial charge in [0.1, 0.15) is 6.07 Å². The Balaban J connectivity index is 1.32. The maximum atomic E-state index is 14.0. The predicted octanol–water partition coefficient (Wildman–Crippen LogP) is 4.97. The van der Waals surface area contributed by atoms with Gasteiger partial charge in [0.25, 0.3) is 5.91 Å². The number of hydrogen-bond acceptors (Lipinski definition) is 6. The van der Waals surface area contributed by atoms with Crippen LogP contribution in [0.15, 0.2) is 48.7 Å². The van der Waals surface area contributed by atoms with Crippen LogP contribution in [0.2, 0.25) is 5.02 Å². The SMILES string of the molecule is N#Cc1cc(C(=O)Nc2cnn(-c3ccc(Cl)cc3)c2C(F)(F)F)ccc1N1CCC(N2CCOCC2)CC1. The number of morpholine rings is 1. The zero-order chi connectivity index (χ0) is 27.6. The van der Waals surface area contributed by atoms with Gasteiger partial charge >= 0.3 is 6.18 Å². The van der Waals surface area contributed by atoms with Crippen LogP contribution < -0.4 is 10.2 Å². The van der Waals surface area contributed by atoms with Gasteiger partial charge < -0.3 is 15.0 Å². The molecule has 204 valence electrons. The van der Waals surface area contributed by atoms with Gasteiger partial charge in [-0.15, -0.1) is 0 Å². The monoisotopic (exact) mass is 558 g/mol. The molecule has 0 radical (unpaired) electrons. The zero-order valence-electron chi connectivity index (χ0n) is 20.9. The summed E-state index contributed by atoms with van der Waals surface area (Å²) in [5.74, 6) is -0.773. The summed E-state index contributed by atoms with van der Waals surface area (Å²) in [7, 11) is 0. The van der Waals surface area contributed by atoms with Crippen molar-refractivity contribution < 1.29 is 22.7 Å². The molecule has 8 nitrogen and oxygen atoms in total. The van der Waals surface area contributed by atoms with Crippen LogP contribution in [0.4, 0.5) is 24.5 Å². The number of carbonyl (C=O) groups excluding carboxylic acids is 1. The van der Waals surface area contributed by atoms with E-state index in [-0.39, 0.29) is 11.3 Å². The van der Waals surface area contributed by atoms with Crippen LogP contribution in [0, 0.1) is 11.3 Å². The molecule has 1 amide bonds. The molecule has 0 saturated carbocycles. The van der Waals surface area contributed by atoms with Crippen LogP contribution in [0.1, 0.15) is 34.5 Å². The Morgan fingerprint density at radius 3 is 2.41 bits per heavy atom. The highest BCUT2D eigenvalue weighted by molar-refractivity contribution is 6.30. The molecule has 0 spiro atoms. The second kappa shape index (κ2) is 11.3. The Bertz CT molecular complexity index is 1370. The topological polar surface area (TPSA) is 86.4 Å². The molecule has 2 aliphatic rings. The van der Waals surface area contributed by atoms with E-state index >= 15 is 0 Å². The Morgan fingerprint density at radius 2 is 1.77 bits per heavy atom. The second-order valence-electron chi connectivity index (χ2n) is 9.46. The highest BCUT2D eigenvalue weighted by Crippen LogP contribution is 2.37. The van der Waals surface area contributed by atoms with E-state index in [1.807, 2.05) is 0 Å². The average Bonchev–Trinajstić information content (AvgIpc) is 3.38. The van der Waals surface area contributed by atoms with Crippen LogP contribution >= 0.6 is 11.6 Å². The lowest BCUT2D eigenvalue weighted by atomic mass is 10.00. The van der Waals surface area contributed by atoms with Crippen molar-refractivity contribution in [3.8, 4) is 11.8 Å². The van der Waals surface area contributed by atoms with Crippen molar-refractivity contribution in [2.45, 2.75) is 25.1 Å². The molecular weight excluding hydrogens is 533 g/mol. The van der Waals surface area contributed by atoms with Gasteiger partial charge in [-0.25, -0.2) is 4.68 Å². The van der Waals surface area contributed by atoms with E-state index in [1.54, 1.807) is 6.07 Å². The van der Waals surface area contributed by atoms with E-state index in [4.69, 9.17) is 16.3 Å². The van der Waals surface area contributed by atoms with Gasteiger partial charge in [0, 0.05) is 42.8 Å². The number of nitriles is 1. The number of nitrogens with one attached hydrogen (secondary N) is 1. The third-order valence-electron chi connectivity index (χ3n) is 7.10. The maximum absolute atomic E-state index is 14.0. The molecular formula is C27H26ClF3N6O2. The lowest BCUT2D eigenvalue weighted by molar-refractivity contribution is -0.142. The van der Waals surface area contributed by atoms with Gasteiger partial charge in [0.05, 0.1) is 42.0 Å². The molecule has 0 aliphatic carbocycles. The van der Waals surface area contributed by atoms with Crippen molar-refractivity contribution in [2.24, 2.45) is 0 Å². The minimum atomic E-state index is -4.80. The fraction of sp³-hybridized carbons (Fsp3) is 0.370. The molecule has 1 aromatic heterocycles. The number of hydrogen-bond donors (Lipinski definition) is 1. The highest BCUT2D eigenvalue weighted by Gasteiger charge is 2.39. The summed E-state index contributed by atoms with van der Waals surface area (Å²) in [5, 5.41) is 16.3. The summed E-state index contributed by atoms with van der Waals surface area (Å²) in [6.07, 6.45) is -1.95. The van der Waals surface area contributed by atoms with E-state index in [0.717, 1.165) is 58.4 Å². The van der Waals surface area contributed by atoms with Crippen molar-refractivity contribution >= 4 is 28.9 Å². The molecule has 0 bridgehead atoms. The first-order valence-corrected chi connectivity index (χ1v) is 13.0. The molecule has 5 rings (SSSR count). The number of carbonyl (C=O) groups is 1. The van der Waals surface area contributed by atoms with E-state index in [0.29, 0.717) is 27.0 Å². The number of benzene rings is 2. The third kappa shape index (κ3) is 5.88. The first-order chi connectivity index (χ1) is 18.7. The summed E-state index contributed by atoms with van der Waals surface area (Å²) in [5.41, 5.74) is -0.401. The largest absolute Gasteiger partial charge is 0.435 e. The number of alkyl halides is 3. The van der Waals surface area contributed by atoms with E-state index in [1.165, 1.54) is 36.4 Å². The average molecular weight is 559 g/mol. The van der Waals surface area contributed by atoms with E-state index in [9.17, 15) is 23.2 Å². The fourth-order valence-electron chi connectivity index (χ4n) is 5.14. The molecule has 12 heteroatoms. The molecule has 3 aromatic rings. The minimum absolute atomic E-state index is 0.0749. The fourth-order valence-corrected chi connectivity index (χ4v) is 5.27. The lowest BCUT2D eigenvalue weighted by Gasteiger charge is -2.41. The first-order valence-electron chi connectivity index (χ1n) is 12.6. The lowest BCUT2D eigenvalue weighted by Crippen LogP contribution is -2.49. The number of anilines is 2. The smallest absolute Gasteiger partial charge is 0.379 e. The quantitative estimate of drug-likeness (QED) is 0.476. The zero-order valence-corrected chi connectivity index (χ0v) is 21.7. The van der Waals surface area contributed by atoms with Crippen LogP contribution in [-0.4, -0.2) is 66.0 Å². The number of piperidine rings is 1. The molecule has 0 atom stereocenters. The van der Waals surface area contributed by atoms with Crippen molar-refractivity contribution in [3.05, 3.63) is 70.5 Å². The van der Waals surface area contributed by atoms with Crippen molar-refractivity contribution in [2.75, 3.05) is 49.6 Å². The molecule has 3 heterocycles. The molecule has 39 heavy (non-hydrogen) atoms. The summed E-state index contributed by atoms with van der Waals surface area (Å²) >= 11 is 5.85. The van der Waals surface area contributed by atoms with Crippen LogP contribution in [0.5, 0.6) is 0 Å². The molecule has 1 N–H and O–H groups in total. The van der Waals surface area contributed by atoms with Crippen LogP contribution in [0.3, 0.4) is 0 Å². The van der Waals surface area contributed by atoms with Gasteiger partial charge in [-0.1, -0.05) is 11.6 Å². The Hall–Kier alpha value is -3.59. The Kier molecular flexibility index (Phi) is 7.79. The molecule has 0 unspecified atom stereocenters. The number of halogens is 4. The number of amides is 1. The first kappa shape index (κ1) is 27.0. The van der Waals surface area contributed by atoms with Crippen molar-refractivity contribution in [3.63, 3.8) is 0 Å². The van der Waals surface area contributed by atoms with Crippen molar-refractivity contribution in [1.82, 2.24) is 14.7 Å². The summed E-state index contributed by atoms with van der Waals surface area (Å²) in [6.45, 7) is 4.87. The van der Waals surface area contributed by atoms with Gasteiger partial charge in [0.15, 0.2) is 5.69 Å². The van der Waals surface area contributed by atoms with Gasteiger partial charge in [-0.05, 0) is 55.3 Å². The molecule has 2 aromatic carbocycles. The third-order valence-corrected chi connectivity index (χ3v) is 7.36. The number of rotatable bonds is 5. The normalized spacial score (nSPS) is 17.2. The Morgan fingerprint density at radius 1 is 1.08 bits per heavy atom. The highest BCUT2D eigenvalue weighted by atomic mass is 35.5. The Labute approximate surface area is 228 Å². The number of aromatic nitrogens is 2. The van der Waals surface area contributed by atoms with Gasteiger partial charge in [0.2, 0.25) is 0 Å². The van der Waals surface area contributed by atoms with Gasteiger partial charge in [-0.2, -0.15) is 23.5 Å². The number of ether oxygens (including phenoxy) is 1. The van der Waals surface area contributed by atoms with E-state index in [2.05, 4.69) is 26.3 Å². The molecule has 2 saturated heterocycles. The van der Waals surface area contributed by atoms with Crippen LogP contribution in [-0.2, 0) is 10.9 Å². The standard InChI is InChI=1S/C27H26ClF3N6O2/c28-20-2-4-22(5-3-20)37-25(27(29,30)31)23(17-33-37)34-26(38)18-1-6-24(19(15-18)16-32)36-9-7-21(8-10-36)35-11-13-39-14-12-35/h1-6,15,17,21H,7-14H2,(H,34,38). The maximum Gasteiger partial charge on any atom is 0.435 e. The van der Waals surface area contributed by atoms with Crippen LogP contribution in [0.25, 0.3) is 5.69 Å². The summed E-state index contributed by atoms with van der Waals surface area (Å²) < 4.78 is 48.1. The predicted molar refractivity (Wildman–Crippen MR) is 140 cm³/mol. The molecule has 2 fully saturated rings. The number of nitrogens with zero attached hydrogens (tertiary/aromatic N) is 5. The molecule has 2 aliphatic heterocycles. The summed E-state index contributed by atoms with van der Waals surface area (Å²) in [4.78, 5) is 17.6.